The summed E-state index contributed by atoms with van der Waals surface area (Å²) >= 11 is 1.85. The molecular weight excluding hydrogens is 443 g/mol. The molecule has 0 bridgehead atoms. The summed E-state index contributed by atoms with van der Waals surface area (Å²) in [5, 5.41) is 9.28. The average molecular weight is 472 g/mol. The number of alkyl halides is 3. The van der Waals surface area contributed by atoms with Gasteiger partial charge in [0.05, 0.1) is 0 Å². The molecule has 32 heavy (non-hydrogen) atoms. The monoisotopic (exact) mass is 471 g/mol. The second-order valence-corrected chi connectivity index (χ2v) is 9.69. The highest BCUT2D eigenvalue weighted by molar-refractivity contribution is 7.09. The molecule has 0 aromatic carbocycles. The van der Waals surface area contributed by atoms with Gasteiger partial charge in [-0.25, -0.2) is 4.79 Å². The summed E-state index contributed by atoms with van der Waals surface area (Å²) in [5.74, 6) is -2.57. The molecule has 2 aromatic heterocycles. The number of halogens is 3. The summed E-state index contributed by atoms with van der Waals surface area (Å²) in [4.78, 5) is 27.6. The summed E-state index contributed by atoms with van der Waals surface area (Å²) in [6.45, 7) is 2.88. The number of rotatable bonds is 4. The fraction of sp³-hybridized carbons (Fsp3) is 0.545. The van der Waals surface area contributed by atoms with E-state index in [0.29, 0.717) is 11.5 Å². The predicted octanol–water partition coefficient (Wildman–Crippen LogP) is 4.24. The van der Waals surface area contributed by atoms with Crippen molar-refractivity contribution in [1.82, 2.24) is 14.4 Å². The molecule has 2 aromatic rings. The largest absolute Gasteiger partial charge is 0.490 e. The number of aliphatic carboxylic acids is 1. The smallest absolute Gasteiger partial charge is 0.475 e. The second kappa shape index (κ2) is 9.66. The molecule has 176 valence electrons. The summed E-state index contributed by atoms with van der Waals surface area (Å²) < 4.78 is 33.7. The molecule has 0 atom stereocenters. The van der Waals surface area contributed by atoms with Crippen molar-refractivity contribution in [2.24, 2.45) is 12.5 Å². The van der Waals surface area contributed by atoms with E-state index in [0.717, 1.165) is 38.2 Å². The molecule has 4 rings (SSSR count). The molecule has 1 aliphatic heterocycles. The molecule has 10 heteroatoms. The first-order valence-corrected chi connectivity index (χ1v) is 11.3. The first-order valence-electron chi connectivity index (χ1n) is 10.4. The Labute approximate surface area is 189 Å². The number of aromatic nitrogens is 1. The molecule has 1 saturated carbocycles. The van der Waals surface area contributed by atoms with E-state index in [4.69, 9.17) is 9.90 Å². The minimum atomic E-state index is -5.08. The summed E-state index contributed by atoms with van der Waals surface area (Å²) in [6, 6.07) is 8.93. The van der Waals surface area contributed by atoms with Crippen LogP contribution in [0.2, 0.25) is 0 Å². The lowest BCUT2D eigenvalue weighted by atomic mass is 9.60. The number of carboxylic acids is 1. The molecular formula is C22H28F3N3O3S. The number of nitrogens with zero attached hydrogens (tertiary/aromatic N) is 3. The first-order chi connectivity index (χ1) is 15.0. The maximum Gasteiger partial charge on any atom is 0.490 e. The Morgan fingerprint density at radius 2 is 1.84 bits per heavy atom. The normalized spacial score (nSPS) is 18.2. The maximum absolute atomic E-state index is 12.6. The topological polar surface area (TPSA) is 65.8 Å². The number of thiophene rings is 1. The fourth-order valence-corrected chi connectivity index (χ4v) is 5.23. The van der Waals surface area contributed by atoms with E-state index >= 15 is 0 Å². The lowest BCUT2D eigenvalue weighted by molar-refractivity contribution is -0.192. The zero-order chi connectivity index (χ0) is 23.5. The Morgan fingerprint density at radius 1 is 1.22 bits per heavy atom. The zero-order valence-electron chi connectivity index (χ0n) is 18.1. The number of carbonyl (C=O) groups excluding carboxylic acids is 1. The van der Waals surface area contributed by atoms with E-state index in [1.165, 1.54) is 17.7 Å². The van der Waals surface area contributed by atoms with Crippen LogP contribution >= 0.6 is 11.3 Å². The minimum absolute atomic E-state index is 0.188. The number of aryl methyl sites for hydroxylation is 1. The number of carboxylic acid groups (broad SMARTS) is 1. The van der Waals surface area contributed by atoms with Crippen molar-refractivity contribution in [3.8, 4) is 0 Å². The molecule has 2 aliphatic rings. The predicted molar refractivity (Wildman–Crippen MR) is 115 cm³/mol. The molecule has 3 heterocycles. The molecule has 1 saturated heterocycles. The average Bonchev–Trinajstić information content (AvgIpc) is 3.37. The molecule has 1 spiro atoms. The van der Waals surface area contributed by atoms with Crippen LogP contribution in [0.4, 0.5) is 13.2 Å². The molecule has 1 N–H and O–H groups in total. The first kappa shape index (κ1) is 24.3. The highest BCUT2D eigenvalue weighted by Gasteiger charge is 2.47. The van der Waals surface area contributed by atoms with Gasteiger partial charge in [0.25, 0.3) is 5.91 Å². The van der Waals surface area contributed by atoms with E-state index < -0.39 is 12.1 Å². The molecule has 1 amide bonds. The van der Waals surface area contributed by atoms with Crippen LogP contribution in [0, 0.1) is 5.41 Å². The maximum atomic E-state index is 12.6. The number of hydrogen-bond donors (Lipinski definition) is 1. The van der Waals surface area contributed by atoms with Gasteiger partial charge in [-0.2, -0.15) is 13.2 Å². The highest BCUT2D eigenvalue weighted by Crippen LogP contribution is 2.51. The van der Waals surface area contributed by atoms with Crippen LogP contribution in [-0.4, -0.2) is 63.7 Å². The third kappa shape index (κ3) is 5.72. The van der Waals surface area contributed by atoms with Crippen LogP contribution < -0.4 is 0 Å². The summed E-state index contributed by atoms with van der Waals surface area (Å²) in [5.41, 5.74) is 1.29. The molecule has 1 aliphatic carbocycles. The van der Waals surface area contributed by atoms with Crippen LogP contribution in [-0.2, 0) is 18.4 Å². The van der Waals surface area contributed by atoms with Crippen molar-refractivity contribution in [2.45, 2.75) is 44.4 Å². The van der Waals surface area contributed by atoms with E-state index in [1.807, 2.05) is 46.2 Å². The SMILES string of the molecule is CN(Cc1cccs1)C1CC2(CCN(C(=O)c3cccn3C)CC2)C1.O=C(O)C(F)(F)F. The van der Waals surface area contributed by atoms with Crippen LogP contribution in [0.15, 0.2) is 35.8 Å². The standard InChI is InChI=1S/C20H27N3OS.C2HF3O2/c1-21-9-3-6-18(21)19(24)23-10-7-20(8-11-23)13-16(14-20)22(2)15-17-5-4-12-25-17;3-2(4,5)1(6)7/h3-6,9,12,16H,7-8,10-11,13-15H2,1-2H3;(H,6,7). The molecule has 2 fully saturated rings. The van der Waals surface area contributed by atoms with Gasteiger partial charge in [-0.1, -0.05) is 6.07 Å². The van der Waals surface area contributed by atoms with Crippen molar-refractivity contribution < 1.29 is 27.9 Å². The third-order valence-corrected chi connectivity index (χ3v) is 7.32. The number of carbonyl (C=O) groups is 2. The van der Waals surface area contributed by atoms with Gasteiger partial charge in [0.15, 0.2) is 0 Å². The van der Waals surface area contributed by atoms with Crippen LogP contribution in [0.3, 0.4) is 0 Å². The Balaban J connectivity index is 0.000000360. The molecule has 0 radical (unpaired) electrons. The quantitative estimate of drug-likeness (QED) is 0.725. The third-order valence-electron chi connectivity index (χ3n) is 6.46. The molecule has 6 nitrogen and oxygen atoms in total. The fourth-order valence-electron chi connectivity index (χ4n) is 4.47. The van der Waals surface area contributed by atoms with Crippen molar-refractivity contribution in [2.75, 3.05) is 20.1 Å². The van der Waals surface area contributed by atoms with Crippen molar-refractivity contribution >= 4 is 23.2 Å². The van der Waals surface area contributed by atoms with Crippen molar-refractivity contribution in [3.63, 3.8) is 0 Å². The molecule has 0 unspecified atom stereocenters. The van der Waals surface area contributed by atoms with Crippen LogP contribution in [0.1, 0.15) is 41.0 Å². The van der Waals surface area contributed by atoms with Crippen molar-refractivity contribution in [1.29, 1.82) is 0 Å². The lowest BCUT2D eigenvalue weighted by Gasteiger charge is -2.54. The second-order valence-electron chi connectivity index (χ2n) is 8.66. The van der Waals surface area contributed by atoms with E-state index in [2.05, 4.69) is 29.5 Å². The number of hydrogen-bond acceptors (Lipinski definition) is 4. The Bertz CT molecular complexity index is 910. The Kier molecular flexibility index (Phi) is 7.34. The minimum Gasteiger partial charge on any atom is -0.475 e. The zero-order valence-corrected chi connectivity index (χ0v) is 19.0. The number of likely N-dealkylation sites (tertiary alicyclic amines) is 1. The van der Waals surface area contributed by atoms with Gasteiger partial charge in [-0.15, -0.1) is 11.3 Å². The Morgan fingerprint density at radius 3 is 2.31 bits per heavy atom. The van der Waals surface area contributed by atoms with E-state index in [-0.39, 0.29) is 5.91 Å². The van der Waals surface area contributed by atoms with Gasteiger partial charge >= 0.3 is 12.1 Å². The number of piperidine rings is 1. The van der Waals surface area contributed by atoms with Gasteiger partial charge in [-0.05, 0) is 61.7 Å². The van der Waals surface area contributed by atoms with Gasteiger partial charge in [0.2, 0.25) is 0 Å². The summed E-state index contributed by atoms with van der Waals surface area (Å²) in [7, 11) is 4.20. The van der Waals surface area contributed by atoms with Crippen LogP contribution in [0.25, 0.3) is 0 Å². The lowest BCUT2D eigenvalue weighted by Crippen LogP contribution is -2.54. The summed E-state index contributed by atoms with van der Waals surface area (Å²) in [6.07, 6.45) is 1.76. The van der Waals surface area contributed by atoms with Gasteiger partial charge in [-0.3, -0.25) is 9.69 Å². The van der Waals surface area contributed by atoms with E-state index in [1.54, 1.807) is 0 Å². The number of amides is 1. The van der Waals surface area contributed by atoms with Gasteiger partial charge < -0.3 is 14.6 Å². The van der Waals surface area contributed by atoms with Crippen molar-refractivity contribution in [3.05, 3.63) is 46.4 Å². The van der Waals surface area contributed by atoms with Crippen LogP contribution in [0.5, 0.6) is 0 Å². The highest BCUT2D eigenvalue weighted by atomic mass is 32.1. The van der Waals surface area contributed by atoms with E-state index in [9.17, 15) is 18.0 Å². The van der Waals surface area contributed by atoms with Gasteiger partial charge in [0.1, 0.15) is 5.69 Å². The van der Waals surface area contributed by atoms with Gasteiger partial charge in [0, 0.05) is 43.8 Å². The Hall–Kier alpha value is -2.33.